The molecule has 8 heteroatoms. The lowest BCUT2D eigenvalue weighted by Crippen LogP contribution is -2.20. The molecular formula is C18H27NO7. The highest BCUT2D eigenvalue weighted by atomic mass is 16.9. The number of ether oxygens (including phenoxy) is 1. The molecule has 0 bridgehead atoms. The van der Waals surface area contributed by atoms with Crippen LogP contribution >= 0.6 is 0 Å². The van der Waals surface area contributed by atoms with Crippen LogP contribution in [0.2, 0.25) is 0 Å². The highest BCUT2D eigenvalue weighted by Gasteiger charge is 2.26. The molecule has 1 aliphatic carbocycles. The van der Waals surface area contributed by atoms with Crippen molar-refractivity contribution in [1.29, 1.82) is 0 Å². The third-order valence-electron chi connectivity index (χ3n) is 4.00. The zero-order valence-corrected chi connectivity index (χ0v) is 15.8. The highest BCUT2D eigenvalue weighted by molar-refractivity contribution is 6.24. The molecule has 26 heavy (non-hydrogen) atoms. The number of carbonyl (C=O) groups excluding carboxylic acids is 3. The van der Waals surface area contributed by atoms with E-state index in [2.05, 4.69) is 4.84 Å². The predicted molar refractivity (Wildman–Crippen MR) is 95.1 cm³/mol. The fraction of sp³-hybridized carbons (Fsp3) is 0.611. The monoisotopic (exact) mass is 369 g/mol. The fourth-order valence-corrected chi connectivity index (χ4v) is 2.32. The molecule has 1 aliphatic rings. The van der Waals surface area contributed by atoms with Crippen LogP contribution in [-0.2, 0) is 24.0 Å². The number of unbranched alkanes of at least 4 members (excludes halogenated alkanes) is 2. The largest absolute Gasteiger partial charge is 0.385 e. The van der Waals surface area contributed by atoms with E-state index in [0.29, 0.717) is 54.6 Å². The van der Waals surface area contributed by atoms with Crippen LogP contribution in [0.3, 0.4) is 0 Å². The molecule has 0 radical (unpaired) electrons. The average molecular weight is 369 g/mol. The van der Waals surface area contributed by atoms with Crippen LogP contribution < -0.4 is 0 Å². The number of nitrogens with zero attached hydrogens (tertiary/aromatic N) is 1. The quantitative estimate of drug-likeness (QED) is 0.191. The molecule has 0 aromatic rings. The Labute approximate surface area is 153 Å². The van der Waals surface area contributed by atoms with E-state index in [4.69, 9.17) is 4.74 Å². The molecule has 0 unspecified atom stereocenters. The number of rotatable bonds is 10. The molecule has 0 aromatic heterocycles. The molecule has 0 saturated heterocycles. The Kier molecular flexibility index (Phi) is 11.8. The first-order valence-electron chi connectivity index (χ1n) is 8.44. The Hall–Kier alpha value is -2.35. The maximum absolute atomic E-state index is 12.0. The van der Waals surface area contributed by atoms with Gasteiger partial charge in [-0.2, -0.15) is 0 Å². The molecule has 0 spiro atoms. The Morgan fingerprint density at radius 2 is 1.58 bits per heavy atom. The van der Waals surface area contributed by atoms with Gasteiger partial charge in [0.2, 0.25) is 0 Å². The van der Waals surface area contributed by atoms with Gasteiger partial charge in [0.15, 0.2) is 11.6 Å². The molecule has 146 valence electrons. The maximum Gasteiger partial charge on any atom is 0.294 e. The third-order valence-corrected chi connectivity index (χ3v) is 4.00. The number of Topliss-reactive ketones (excluding diaryl/α,β-unsaturated/α-hetero) is 2. The molecule has 0 amide bonds. The first-order valence-corrected chi connectivity index (χ1v) is 8.44. The van der Waals surface area contributed by atoms with Crippen LogP contribution in [0.5, 0.6) is 0 Å². The molecule has 0 aromatic carbocycles. The van der Waals surface area contributed by atoms with Crippen LogP contribution in [0.1, 0.15) is 52.9 Å². The summed E-state index contributed by atoms with van der Waals surface area (Å²) in [7, 11) is 1.63. The van der Waals surface area contributed by atoms with Crippen LogP contribution in [0.15, 0.2) is 22.3 Å². The summed E-state index contributed by atoms with van der Waals surface area (Å²) in [4.78, 5) is 47.1. The lowest BCUT2D eigenvalue weighted by atomic mass is 9.84. The Balaban J connectivity index is 0.000000541. The van der Waals surface area contributed by atoms with E-state index in [1.165, 1.54) is 0 Å². The summed E-state index contributed by atoms with van der Waals surface area (Å²) in [6, 6.07) is 0. The van der Waals surface area contributed by atoms with Crippen molar-refractivity contribution in [3.8, 4) is 0 Å². The molecule has 0 N–H and O–H groups in total. The molecular weight excluding hydrogens is 342 g/mol. The molecule has 1 rings (SSSR count). The number of aldehydes is 1. The summed E-state index contributed by atoms with van der Waals surface area (Å²) in [5.74, 6) is 0.0234. The highest BCUT2D eigenvalue weighted by Crippen LogP contribution is 2.26. The number of allylic oxidation sites excluding steroid dienone is 4. The number of methoxy groups -OCH3 is 1. The molecule has 0 saturated carbocycles. The Morgan fingerprint density at radius 3 is 2.12 bits per heavy atom. The average Bonchev–Trinajstić information content (AvgIpc) is 2.61. The summed E-state index contributed by atoms with van der Waals surface area (Å²) in [6.07, 6.45) is 3.83. The van der Waals surface area contributed by atoms with Crippen molar-refractivity contribution in [2.24, 2.45) is 0 Å². The van der Waals surface area contributed by atoms with Gasteiger partial charge in [0.25, 0.3) is 5.09 Å². The van der Waals surface area contributed by atoms with Crippen LogP contribution in [-0.4, -0.2) is 43.3 Å². The van der Waals surface area contributed by atoms with Gasteiger partial charge >= 0.3 is 0 Å². The van der Waals surface area contributed by atoms with Gasteiger partial charge in [-0.1, -0.05) is 0 Å². The van der Waals surface area contributed by atoms with E-state index in [1.54, 1.807) is 27.9 Å². The summed E-state index contributed by atoms with van der Waals surface area (Å²) in [6.45, 7) is 5.86. The van der Waals surface area contributed by atoms with Gasteiger partial charge in [0.1, 0.15) is 6.29 Å². The Morgan fingerprint density at radius 1 is 0.962 bits per heavy atom. The SMILES string of the molecule is COCCCC1=C(C)C(=O)C(C)=C(C)C1=O.O=CCCCCO[N+](=O)[O-]. The first-order chi connectivity index (χ1) is 12.3. The van der Waals surface area contributed by atoms with Gasteiger partial charge < -0.3 is 14.4 Å². The zero-order valence-electron chi connectivity index (χ0n) is 15.8. The summed E-state index contributed by atoms with van der Waals surface area (Å²) >= 11 is 0. The van der Waals surface area contributed by atoms with E-state index in [-0.39, 0.29) is 18.2 Å². The van der Waals surface area contributed by atoms with Crippen LogP contribution in [0, 0.1) is 10.1 Å². The number of hydrogen-bond acceptors (Lipinski definition) is 7. The van der Waals surface area contributed by atoms with Crippen molar-refractivity contribution in [2.75, 3.05) is 20.3 Å². The normalized spacial score (nSPS) is 14.2. The standard InChI is InChI=1S/C13H18O3.C5H9NO4/c1-8-9(2)13(15)11(6-5-7-16-4)10(3)12(8)14;7-4-2-1-3-5-10-6(8)9/h5-7H2,1-4H3;4H,1-3,5H2. The first kappa shape index (κ1) is 23.6. The molecule has 0 atom stereocenters. The second-order valence-electron chi connectivity index (χ2n) is 5.83. The van der Waals surface area contributed by atoms with Crippen molar-refractivity contribution in [2.45, 2.75) is 52.9 Å². The van der Waals surface area contributed by atoms with Crippen molar-refractivity contribution >= 4 is 17.9 Å². The smallest absolute Gasteiger partial charge is 0.294 e. The summed E-state index contributed by atoms with van der Waals surface area (Å²) < 4.78 is 4.95. The van der Waals surface area contributed by atoms with Gasteiger partial charge in [-0.25, -0.2) is 0 Å². The predicted octanol–water partition coefficient (Wildman–Crippen LogP) is 2.78. The summed E-state index contributed by atoms with van der Waals surface area (Å²) in [5, 5.41) is 8.71. The third kappa shape index (κ3) is 8.15. The van der Waals surface area contributed by atoms with E-state index < -0.39 is 5.09 Å². The van der Waals surface area contributed by atoms with E-state index in [9.17, 15) is 24.5 Å². The van der Waals surface area contributed by atoms with E-state index in [1.807, 2.05) is 0 Å². The van der Waals surface area contributed by atoms with Crippen molar-refractivity contribution in [1.82, 2.24) is 0 Å². The minimum Gasteiger partial charge on any atom is -0.385 e. The molecule has 0 aliphatic heterocycles. The van der Waals surface area contributed by atoms with Crippen molar-refractivity contribution in [3.63, 3.8) is 0 Å². The minimum absolute atomic E-state index is 0.00418. The number of hydrogen-bond donors (Lipinski definition) is 0. The molecule has 0 fully saturated rings. The lowest BCUT2D eigenvalue weighted by molar-refractivity contribution is -0.757. The van der Waals surface area contributed by atoms with Gasteiger partial charge in [0, 0.05) is 42.4 Å². The second-order valence-corrected chi connectivity index (χ2v) is 5.83. The second kappa shape index (κ2) is 12.9. The van der Waals surface area contributed by atoms with Crippen LogP contribution in [0.4, 0.5) is 0 Å². The minimum atomic E-state index is -0.832. The van der Waals surface area contributed by atoms with Crippen molar-refractivity contribution < 1.29 is 29.0 Å². The zero-order chi connectivity index (χ0) is 20.1. The Bertz CT molecular complexity index is 590. The van der Waals surface area contributed by atoms with Gasteiger partial charge in [-0.15, -0.1) is 10.1 Å². The number of ketones is 2. The van der Waals surface area contributed by atoms with E-state index in [0.717, 1.165) is 12.7 Å². The van der Waals surface area contributed by atoms with Gasteiger partial charge in [0.05, 0.1) is 6.61 Å². The lowest BCUT2D eigenvalue weighted by Gasteiger charge is -2.18. The topological polar surface area (TPSA) is 113 Å². The van der Waals surface area contributed by atoms with Crippen molar-refractivity contribution in [3.05, 3.63) is 32.4 Å². The maximum atomic E-state index is 12.0. The molecule has 8 nitrogen and oxygen atoms in total. The van der Waals surface area contributed by atoms with Crippen LogP contribution in [0.25, 0.3) is 0 Å². The number of carbonyl (C=O) groups is 3. The van der Waals surface area contributed by atoms with Gasteiger partial charge in [-0.05, 0) is 46.5 Å². The summed E-state index contributed by atoms with van der Waals surface area (Å²) in [5.41, 5.74) is 2.43. The fourth-order valence-electron chi connectivity index (χ4n) is 2.32. The van der Waals surface area contributed by atoms with Gasteiger partial charge in [-0.3, -0.25) is 9.59 Å². The molecule has 0 heterocycles. The van der Waals surface area contributed by atoms with E-state index >= 15 is 0 Å².